The Labute approximate surface area is 167 Å². The molecule has 2 aliphatic heterocycles. The Hall–Kier alpha value is -1.96. The number of anilines is 1. The first kappa shape index (κ1) is 20.8. The summed E-state index contributed by atoms with van der Waals surface area (Å²) < 4.78 is 5.35. The van der Waals surface area contributed by atoms with Gasteiger partial charge in [0.15, 0.2) is 0 Å². The van der Waals surface area contributed by atoms with Crippen LogP contribution in [0.25, 0.3) is 0 Å². The largest absolute Gasteiger partial charge is 0.384 e. The highest BCUT2D eigenvalue weighted by atomic mass is 16.5. The van der Waals surface area contributed by atoms with Crippen molar-refractivity contribution in [1.29, 1.82) is 0 Å². The van der Waals surface area contributed by atoms with E-state index in [1.165, 1.54) is 0 Å². The number of methoxy groups -OCH3 is 1. The molecule has 0 bridgehead atoms. The van der Waals surface area contributed by atoms with Crippen molar-refractivity contribution in [2.45, 2.75) is 19.3 Å². The molecule has 2 N–H and O–H groups in total. The average molecular weight is 389 g/mol. The molecule has 2 aliphatic rings. The number of rotatable bonds is 6. The van der Waals surface area contributed by atoms with Crippen molar-refractivity contribution in [3.63, 3.8) is 0 Å². The van der Waals surface area contributed by atoms with E-state index in [9.17, 15) is 9.59 Å². The minimum atomic E-state index is -0.494. The van der Waals surface area contributed by atoms with Crippen LogP contribution in [0.1, 0.15) is 18.4 Å². The Morgan fingerprint density at radius 2 is 1.89 bits per heavy atom. The Morgan fingerprint density at radius 3 is 2.57 bits per heavy atom. The number of benzene rings is 1. The molecule has 0 aliphatic carbocycles. The molecule has 2 amide bonds. The molecule has 1 aromatic rings. The van der Waals surface area contributed by atoms with Crippen LogP contribution in [-0.2, 0) is 20.7 Å². The maximum absolute atomic E-state index is 13.0. The molecule has 28 heavy (non-hydrogen) atoms. The topological polar surface area (TPSA) is 73.9 Å². The minimum Gasteiger partial charge on any atom is -0.384 e. The number of likely N-dealkylation sites (N-methyl/N-ethyl adjacent to an activating group) is 1. The fourth-order valence-corrected chi connectivity index (χ4v) is 3.98. The van der Waals surface area contributed by atoms with Crippen molar-refractivity contribution in [2.24, 2.45) is 5.41 Å². The van der Waals surface area contributed by atoms with E-state index >= 15 is 0 Å². The molecule has 154 valence electrons. The summed E-state index contributed by atoms with van der Waals surface area (Å²) in [6.45, 7) is 5.43. The van der Waals surface area contributed by atoms with Crippen molar-refractivity contribution in [3.8, 4) is 0 Å². The molecule has 7 nitrogen and oxygen atoms in total. The average Bonchev–Trinajstić information content (AvgIpc) is 2.69. The van der Waals surface area contributed by atoms with Crippen molar-refractivity contribution in [2.75, 3.05) is 65.3 Å². The number of carbonyl (C=O) groups is 2. The van der Waals surface area contributed by atoms with Crippen LogP contribution in [0.5, 0.6) is 0 Å². The number of nitrogens with one attached hydrogen (secondary N) is 2. The van der Waals surface area contributed by atoms with E-state index in [1.54, 1.807) is 7.11 Å². The number of amides is 2. The number of nitrogens with zero attached hydrogens (tertiary/aromatic N) is 2. The number of piperazine rings is 1. The summed E-state index contributed by atoms with van der Waals surface area (Å²) in [6.07, 6.45) is 1.88. The van der Waals surface area contributed by atoms with Gasteiger partial charge in [-0.2, -0.15) is 0 Å². The fourth-order valence-electron chi connectivity index (χ4n) is 3.98. The van der Waals surface area contributed by atoms with Gasteiger partial charge < -0.3 is 25.2 Å². The van der Waals surface area contributed by atoms with Gasteiger partial charge in [-0.15, -0.1) is 0 Å². The Kier molecular flexibility index (Phi) is 7.04. The third-order valence-electron chi connectivity index (χ3n) is 5.86. The summed E-state index contributed by atoms with van der Waals surface area (Å²) in [7, 11) is 3.72. The summed E-state index contributed by atoms with van der Waals surface area (Å²) >= 11 is 0. The first-order chi connectivity index (χ1) is 13.5. The zero-order valence-electron chi connectivity index (χ0n) is 17.0. The molecule has 3 rings (SSSR count). The van der Waals surface area contributed by atoms with Gasteiger partial charge in [-0.3, -0.25) is 9.59 Å². The first-order valence-electron chi connectivity index (χ1n) is 10.1. The summed E-state index contributed by atoms with van der Waals surface area (Å²) in [5, 5.41) is 6.36. The summed E-state index contributed by atoms with van der Waals surface area (Å²) in [4.78, 5) is 29.7. The maximum Gasteiger partial charge on any atom is 0.233 e. The van der Waals surface area contributed by atoms with E-state index in [-0.39, 0.29) is 11.8 Å². The van der Waals surface area contributed by atoms with E-state index in [1.807, 2.05) is 29.2 Å². The predicted octanol–water partition coefficient (Wildman–Crippen LogP) is 0.958. The normalized spacial score (nSPS) is 20.0. The third kappa shape index (κ3) is 5.10. The molecule has 0 spiro atoms. The van der Waals surface area contributed by atoms with Crippen molar-refractivity contribution >= 4 is 17.5 Å². The second-order valence-corrected chi connectivity index (χ2v) is 7.98. The minimum absolute atomic E-state index is 0.00149. The van der Waals surface area contributed by atoms with Gasteiger partial charge >= 0.3 is 0 Å². The first-order valence-corrected chi connectivity index (χ1v) is 10.1. The lowest BCUT2D eigenvalue weighted by atomic mass is 9.78. The molecule has 0 aromatic heterocycles. The number of ether oxygens (including phenoxy) is 1. The van der Waals surface area contributed by atoms with Gasteiger partial charge in [0.25, 0.3) is 0 Å². The summed E-state index contributed by atoms with van der Waals surface area (Å²) in [6, 6.07) is 7.63. The quantitative estimate of drug-likeness (QED) is 0.759. The summed E-state index contributed by atoms with van der Waals surface area (Å²) in [5.74, 6) is 0.143. The SMILES string of the molecule is COCC1(C(=O)Nc2cccc(CC(=O)N3CCN(C)CC3)c2)CCNCC1. The molecule has 2 saturated heterocycles. The Morgan fingerprint density at radius 1 is 1.18 bits per heavy atom. The van der Waals surface area contributed by atoms with Crippen molar-refractivity contribution in [3.05, 3.63) is 29.8 Å². The van der Waals surface area contributed by atoms with Gasteiger partial charge in [0.1, 0.15) is 0 Å². The van der Waals surface area contributed by atoms with E-state index < -0.39 is 5.41 Å². The number of hydrogen-bond acceptors (Lipinski definition) is 5. The van der Waals surface area contributed by atoms with Gasteiger partial charge in [0.05, 0.1) is 18.4 Å². The smallest absolute Gasteiger partial charge is 0.233 e. The molecular formula is C21H32N4O3. The van der Waals surface area contributed by atoms with Gasteiger partial charge in [-0.05, 0) is 50.7 Å². The van der Waals surface area contributed by atoms with Crippen LogP contribution in [-0.4, -0.2) is 81.6 Å². The van der Waals surface area contributed by atoms with Crippen LogP contribution < -0.4 is 10.6 Å². The molecule has 1 aromatic carbocycles. The number of carbonyl (C=O) groups excluding carboxylic acids is 2. The van der Waals surface area contributed by atoms with Gasteiger partial charge in [-0.25, -0.2) is 0 Å². The van der Waals surface area contributed by atoms with Crippen LogP contribution in [0.15, 0.2) is 24.3 Å². The van der Waals surface area contributed by atoms with E-state index in [0.29, 0.717) is 13.0 Å². The lowest BCUT2D eigenvalue weighted by Gasteiger charge is -2.35. The fraction of sp³-hybridized carbons (Fsp3) is 0.619. The molecular weight excluding hydrogens is 356 g/mol. The van der Waals surface area contributed by atoms with E-state index in [0.717, 1.165) is 63.4 Å². The molecule has 7 heteroatoms. The van der Waals surface area contributed by atoms with Crippen LogP contribution in [0.4, 0.5) is 5.69 Å². The van der Waals surface area contributed by atoms with Crippen LogP contribution in [0.3, 0.4) is 0 Å². The van der Waals surface area contributed by atoms with E-state index in [2.05, 4.69) is 22.6 Å². The lowest BCUT2D eigenvalue weighted by Crippen LogP contribution is -2.47. The van der Waals surface area contributed by atoms with Gasteiger partial charge in [-0.1, -0.05) is 12.1 Å². The van der Waals surface area contributed by atoms with Crippen molar-refractivity contribution in [1.82, 2.24) is 15.1 Å². The number of piperidine rings is 1. The maximum atomic E-state index is 13.0. The molecule has 0 radical (unpaired) electrons. The predicted molar refractivity (Wildman–Crippen MR) is 109 cm³/mol. The van der Waals surface area contributed by atoms with Crippen LogP contribution in [0.2, 0.25) is 0 Å². The number of hydrogen-bond donors (Lipinski definition) is 2. The zero-order chi connectivity index (χ0) is 20.0. The van der Waals surface area contributed by atoms with Gasteiger partial charge in [0, 0.05) is 39.0 Å². The molecule has 0 unspecified atom stereocenters. The van der Waals surface area contributed by atoms with E-state index in [4.69, 9.17) is 4.74 Å². The standard InChI is InChI=1S/C21H32N4O3/c1-24-10-12-25(13-11-24)19(26)15-17-4-3-5-18(14-17)23-20(27)21(16-28-2)6-8-22-9-7-21/h3-5,14,22H,6-13,15-16H2,1-2H3,(H,23,27). The Balaban J connectivity index is 1.62. The zero-order valence-corrected chi connectivity index (χ0v) is 17.0. The van der Waals surface area contributed by atoms with Gasteiger partial charge in [0.2, 0.25) is 11.8 Å². The highest BCUT2D eigenvalue weighted by molar-refractivity contribution is 5.95. The molecule has 2 fully saturated rings. The van der Waals surface area contributed by atoms with Crippen LogP contribution in [0, 0.1) is 5.41 Å². The van der Waals surface area contributed by atoms with Crippen molar-refractivity contribution < 1.29 is 14.3 Å². The Bertz CT molecular complexity index is 674. The monoisotopic (exact) mass is 388 g/mol. The molecule has 0 atom stereocenters. The third-order valence-corrected chi connectivity index (χ3v) is 5.86. The summed E-state index contributed by atoms with van der Waals surface area (Å²) in [5.41, 5.74) is 1.17. The highest BCUT2D eigenvalue weighted by Gasteiger charge is 2.39. The molecule has 0 saturated carbocycles. The second kappa shape index (κ2) is 9.49. The van der Waals surface area contributed by atoms with Crippen LogP contribution >= 0.6 is 0 Å². The molecule has 2 heterocycles. The highest BCUT2D eigenvalue weighted by Crippen LogP contribution is 2.31. The second-order valence-electron chi connectivity index (χ2n) is 7.98. The lowest BCUT2D eigenvalue weighted by molar-refractivity contribution is -0.132.